The zero-order valence-electron chi connectivity index (χ0n) is 6.42. The Hall–Kier alpha value is -1.42. The average molecular weight is 179 g/mol. The van der Waals surface area contributed by atoms with Crippen LogP contribution in [-0.4, -0.2) is 9.97 Å². The Morgan fingerprint density at radius 3 is 2.25 bits per heavy atom. The fourth-order valence-electron chi connectivity index (χ4n) is 0.528. The molecule has 0 amide bonds. The van der Waals surface area contributed by atoms with E-state index in [1.54, 1.807) is 23.6 Å². The highest BCUT2D eigenvalue weighted by atomic mass is 32.1. The van der Waals surface area contributed by atoms with E-state index in [1.165, 1.54) is 6.33 Å². The van der Waals surface area contributed by atoms with Gasteiger partial charge in [0.05, 0.1) is 0 Å². The van der Waals surface area contributed by atoms with Crippen LogP contribution in [0.25, 0.3) is 0 Å². The fraction of sp³-hybridized carbons (Fsp3) is 0. The van der Waals surface area contributed by atoms with Crippen molar-refractivity contribution >= 4 is 17.2 Å². The molecule has 2 aromatic heterocycles. The Labute approximate surface area is 74.9 Å². The van der Waals surface area contributed by atoms with E-state index in [0.29, 0.717) is 5.82 Å². The van der Waals surface area contributed by atoms with Crippen LogP contribution in [0.5, 0.6) is 0 Å². The minimum Gasteiger partial charge on any atom is -0.384 e. The maximum Gasteiger partial charge on any atom is 0.126 e. The average Bonchev–Trinajstić information content (AvgIpc) is 2.62. The van der Waals surface area contributed by atoms with Crippen LogP contribution in [0.4, 0.5) is 5.82 Å². The number of hydrogen-bond acceptors (Lipinski definition) is 4. The highest BCUT2D eigenvalue weighted by molar-refractivity contribution is 7.07. The van der Waals surface area contributed by atoms with Crippen LogP contribution in [0.1, 0.15) is 0 Å². The number of hydrogen-bond donors (Lipinski definition) is 1. The third kappa shape index (κ3) is 3.68. The van der Waals surface area contributed by atoms with Crippen molar-refractivity contribution < 1.29 is 0 Å². The largest absolute Gasteiger partial charge is 0.384 e. The minimum absolute atomic E-state index is 0.509. The number of nitrogens with two attached hydrogens (primary N) is 1. The van der Waals surface area contributed by atoms with Gasteiger partial charge in [0.25, 0.3) is 0 Å². The minimum atomic E-state index is 0.509. The summed E-state index contributed by atoms with van der Waals surface area (Å²) in [5.41, 5.74) is 5.21. The van der Waals surface area contributed by atoms with Crippen LogP contribution in [-0.2, 0) is 0 Å². The molecule has 0 bridgehead atoms. The van der Waals surface area contributed by atoms with Crippen LogP contribution in [0.15, 0.2) is 41.5 Å². The standard InChI is InChI=1S/C4H5N3.C4H4S/c5-4-1-2-6-3-7-4;1-2-4-5-3-1/h1-3H,(H2,5,6,7);1-4H. The molecule has 0 saturated heterocycles. The Morgan fingerprint density at radius 2 is 2.00 bits per heavy atom. The van der Waals surface area contributed by atoms with Crippen LogP contribution in [0.2, 0.25) is 0 Å². The molecule has 0 saturated carbocycles. The predicted octanol–water partition coefficient (Wildman–Crippen LogP) is 1.81. The van der Waals surface area contributed by atoms with Gasteiger partial charge in [-0.3, -0.25) is 0 Å². The first-order valence-corrected chi connectivity index (χ1v) is 4.32. The molecule has 0 radical (unpaired) electrons. The van der Waals surface area contributed by atoms with E-state index in [2.05, 4.69) is 9.97 Å². The highest BCUT2D eigenvalue weighted by Crippen LogP contribution is 1.91. The van der Waals surface area contributed by atoms with Gasteiger partial charge in [-0.15, -0.1) is 0 Å². The van der Waals surface area contributed by atoms with Gasteiger partial charge in [0.15, 0.2) is 0 Å². The molecule has 62 valence electrons. The van der Waals surface area contributed by atoms with Crippen molar-refractivity contribution in [2.45, 2.75) is 0 Å². The molecule has 3 nitrogen and oxygen atoms in total. The number of nitrogens with zero attached hydrogens (tertiary/aromatic N) is 2. The lowest BCUT2D eigenvalue weighted by Gasteiger charge is -1.82. The second-order valence-corrected chi connectivity index (χ2v) is 2.74. The number of thiophene rings is 1. The molecule has 0 unspecified atom stereocenters. The summed E-state index contributed by atoms with van der Waals surface area (Å²) in [6, 6.07) is 5.68. The second kappa shape index (κ2) is 5.26. The topological polar surface area (TPSA) is 51.8 Å². The Balaban J connectivity index is 0.000000127. The smallest absolute Gasteiger partial charge is 0.126 e. The highest BCUT2D eigenvalue weighted by Gasteiger charge is 1.74. The first kappa shape index (κ1) is 8.67. The summed E-state index contributed by atoms with van der Waals surface area (Å²) >= 11 is 1.71. The van der Waals surface area contributed by atoms with E-state index < -0.39 is 0 Å². The summed E-state index contributed by atoms with van der Waals surface area (Å²) in [6.45, 7) is 0. The number of aromatic nitrogens is 2. The van der Waals surface area contributed by atoms with Crippen LogP contribution in [0.3, 0.4) is 0 Å². The SMILES string of the molecule is Nc1ccncn1.c1ccsc1. The van der Waals surface area contributed by atoms with Crippen LogP contribution >= 0.6 is 11.3 Å². The molecular formula is C8H9N3S. The molecule has 0 spiro atoms. The van der Waals surface area contributed by atoms with E-state index >= 15 is 0 Å². The van der Waals surface area contributed by atoms with Crippen molar-refractivity contribution in [3.63, 3.8) is 0 Å². The zero-order chi connectivity index (χ0) is 8.65. The second-order valence-electron chi connectivity index (χ2n) is 1.93. The number of nitrogen functional groups attached to an aromatic ring is 1. The number of anilines is 1. The lowest BCUT2D eigenvalue weighted by molar-refractivity contribution is 1.18. The van der Waals surface area contributed by atoms with Gasteiger partial charge in [0.1, 0.15) is 12.1 Å². The van der Waals surface area contributed by atoms with E-state index in [9.17, 15) is 0 Å². The summed E-state index contributed by atoms with van der Waals surface area (Å²) in [5.74, 6) is 0.509. The van der Waals surface area contributed by atoms with E-state index in [0.717, 1.165) is 0 Å². The summed E-state index contributed by atoms with van der Waals surface area (Å²) in [4.78, 5) is 7.30. The molecular weight excluding hydrogens is 170 g/mol. The lowest BCUT2D eigenvalue weighted by atomic mass is 10.6. The fourth-order valence-corrected chi connectivity index (χ4v) is 0.981. The molecule has 2 N–H and O–H groups in total. The maximum atomic E-state index is 5.21. The number of rotatable bonds is 0. The summed E-state index contributed by atoms with van der Waals surface area (Å²) < 4.78 is 0. The Bertz CT molecular complexity index is 263. The quantitative estimate of drug-likeness (QED) is 0.671. The van der Waals surface area contributed by atoms with Crippen molar-refractivity contribution in [2.75, 3.05) is 5.73 Å². The molecule has 0 fully saturated rings. The van der Waals surface area contributed by atoms with Crippen molar-refractivity contribution in [2.24, 2.45) is 0 Å². The molecule has 2 rings (SSSR count). The van der Waals surface area contributed by atoms with Gasteiger partial charge >= 0.3 is 0 Å². The van der Waals surface area contributed by atoms with Gasteiger partial charge in [-0.05, 0) is 16.8 Å². The maximum absolute atomic E-state index is 5.21. The van der Waals surface area contributed by atoms with Crippen molar-refractivity contribution in [1.82, 2.24) is 9.97 Å². The molecule has 0 aliphatic carbocycles. The molecule has 12 heavy (non-hydrogen) atoms. The van der Waals surface area contributed by atoms with Gasteiger partial charge in [0, 0.05) is 6.20 Å². The molecule has 2 aromatic rings. The lowest BCUT2D eigenvalue weighted by Crippen LogP contribution is -1.87. The van der Waals surface area contributed by atoms with Crippen LogP contribution in [0, 0.1) is 0 Å². The van der Waals surface area contributed by atoms with Gasteiger partial charge < -0.3 is 5.73 Å². The predicted molar refractivity (Wildman–Crippen MR) is 50.8 cm³/mol. The molecule has 0 atom stereocenters. The van der Waals surface area contributed by atoms with E-state index in [4.69, 9.17) is 5.73 Å². The Morgan fingerprint density at radius 1 is 1.25 bits per heavy atom. The first-order valence-electron chi connectivity index (χ1n) is 3.38. The molecule has 4 heteroatoms. The van der Waals surface area contributed by atoms with Crippen LogP contribution < -0.4 is 5.73 Å². The molecule has 0 aliphatic rings. The van der Waals surface area contributed by atoms with E-state index in [-0.39, 0.29) is 0 Å². The summed E-state index contributed by atoms with van der Waals surface area (Å²) in [6.07, 6.45) is 3.01. The van der Waals surface area contributed by atoms with Crippen molar-refractivity contribution in [3.8, 4) is 0 Å². The van der Waals surface area contributed by atoms with Crippen molar-refractivity contribution in [3.05, 3.63) is 41.5 Å². The van der Waals surface area contributed by atoms with Gasteiger partial charge in [-0.25, -0.2) is 9.97 Å². The molecule has 0 aliphatic heterocycles. The normalized spacial score (nSPS) is 8.33. The van der Waals surface area contributed by atoms with Gasteiger partial charge in [0.2, 0.25) is 0 Å². The summed E-state index contributed by atoms with van der Waals surface area (Å²) in [7, 11) is 0. The monoisotopic (exact) mass is 179 g/mol. The van der Waals surface area contributed by atoms with E-state index in [1.807, 2.05) is 22.9 Å². The third-order valence-corrected chi connectivity index (χ3v) is 1.66. The first-order chi connectivity index (χ1) is 5.89. The van der Waals surface area contributed by atoms with Gasteiger partial charge in [-0.2, -0.15) is 11.3 Å². The summed E-state index contributed by atoms with van der Waals surface area (Å²) in [5, 5.41) is 4.08. The molecule has 0 aromatic carbocycles. The van der Waals surface area contributed by atoms with Gasteiger partial charge in [-0.1, -0.05) is 12.1 Å². The third-order valence-electron chi connectivity index (χ3n) is 1.03. The Kier molecular flexibility index (Phi) is 3.80. The van der Waals surface area contributed by atoms with Crippen molar-refractivity contribution in [1.29, 1.82) is 0 Å². The molecule has 2 heterocycles. The zero-order valence-corrected chi connectivity index (χ0v) is 7.24.